The monoisotopic (exact) mass is 344 g/mol. The molecule has 19 heavy (non-hydrogen) atoms. The quantitative estimate of drug-likeness (QED) is 0.383. The fourth-order valence-electron chi connectivity index (χ4n) is 2.37. The molecule has 3 N–H and O–H groups in total. The smallest absolute Gasteiger partial charge is 0.208 e. The summed E-state index contributed by atoms with van der Waals surface area (Å²) in [6.45, 7) is 0.825. The van der Waals surface area contributed by atoms with E-state index in [-0.39, 0.29) is 0 Å². The summed E-state index contributed by atoms with van der Waals surface area (Å²) in [6, 6.07) is 2.56. The molecule has 1 aliphatic rings. The topological polar surface area (TPSA) is 53.6 Å². The summed E-state index contributed by atoms with van der Waals surface area (Å²) in [4.78, 5) is 8.13. The fraction of sp³-hybridized carbons (Fsp3) is 0.615. The number of halogens is 1. The molecule has 106 valence electrons. The van der Waals surface area contributed by atoms with Gasteiger partial charge in [0.1, 0.15) is 0 Å². The largest absolute Gasteiger partial charge is 0.340 e. The number of thiophene rings is 1. The second-order valence-electron chi connectivity index (χ2n) is 4.98. The Balaban J connectivity index is 1.97. The number of hydrogen-bond acceptors (Lipinski definition) is 3. The highest BCUT2D eigenvalue weighted by atomic mass is 79.9. The molecule has 0 bridgehead atoms. The van der Waals surface area contributed by atoms with Gasteiger partial charge in [-0.25, -0.2) is 10.8 Å². The Kier molecular flexibility index (Phi) is 5.66. The molecule has 1 saturated carbocycles. The van der Waals surface area contributed by atoms with Crippen molar-refractivity contribution in [2.75, 3.05) is 7.05 Å². The second-order valence-corrected chi connectivity index (χ2v) is 6.89. The van der Waals surface area contributed by atoms with Crippen LogP contribution in [0.5, 0.6) is 0 Å². The van der Waals surface area contributed by atoms with E-state index >= 15 is 0 Å². The molecule has 1 fully saturated rings. The summed E-state index contributed by atoms with van der Waals surface area (Å²) in [5, 5.41) is 2.09. The molecule has 1 aliphatic carbocycles. The standard InChI is InChI=1S/C13H21BrN4S/c1-18(8-12-7-10(14)9-19-12)13(17-15)16-11-5-3-2-4-6-11/h7,9,11H,2-6,8,15H2,1H3,(H,16,17). The van der Waals surface area contributed by atoms with Crippen molar-refractivity contribution >= 4 is 33.2 Å². The third-order valence-electron chi connectivity index (χ3n) is 3.38. The van der Waals surface area contributed by atoms with Crippen molar-refractivity contribution < 1.29 is 0 Å². The third kappa shape index (κ3) is 4.47. The van der Waals surface area contributed by atoms with Gasteiger partial charge in [-0.15, -0.1) is 11.3 Å². The second kappa shape index (κ2) is 7.26. The van der Waals surface area contributed by atoms with Gasteiger partial charge in [0.15, 0.2) is 0 Å². The minimum Gasteiger partial charge on any atom is -0.340 e. The highest BCUT2D eigenvalue weighted by molar-refractivity contribution is 9.10. The van der Waals surface area contributed by atoms with Crippen molar-refractivity contribution in [3.05, 3.63) is 20.8 Å². The molecule has 2 rings (SSSR count). The van der Waals surface area contributed by atoms with Gasteiger partial charge in [0, 0.05) is 21.8 Å². The Bertz CT molecular complexity index is 426. The van der Waals surface area contributed by atoms with Crippen LogP contribution in [0, 0.1) is 0 Å². The number of rotatable bonds is 3. The van der Waals surface area contributed by atoms with Gasteiger partial charge in [-0.2, -0.15) is 0 Å². The lowest BCUT2D eigenvalue weighted by Gasteiger charge is -2.24. The maximum Gasteiger partial charge on any atom is 0.208 e. The average molecular weight is 345 g/mol. The molecule has 0 atom stereocenters. The molecule has 1 aromatic heterocycles. The minimum absolute atomic E-state index is 0.428. The van der Waals surface area contributed by atoms with Crippen LogP contribution in [-0.2, 0) is 6.54 Å². The zero-order valence-corrected chi connectivity index (χ0v) is 13.6. The number of nitrogens with zero attached hydrogens (tertiary/aromatic N) is 2. The molecule has 0 saturated heterocycles. The SMILES string of the molecule is CN(Cc1cc(Br)cs1)C(=NC1CCCCC1)NN. The van der Waals surface area contributed by atoms with Gasteiger partial charge in [0.05, 0.1) is 12.6 Å². The van der Waals surface area contributed by atoms with E-state index in [1.807, 2.05) is 7.05 Å². The van der Waals surface area contributed by atoms with Gasteiger partial charge in [0.25, 0.3) is 0 Å². The first kappa shape index (κ1) is 14.8. The zero-order chi connectivity index (χ0) is 13.7. The maximum atomic E-state index is 5.62. The van der Waals surface area contributed by atoms with E-state index < -0.39 is 0 Å². The van der Waals surface area contributed by atoms with E-state index in [4.69, 9.17) is 10.8 Å². The number of hydrazine groups is 1. The zero-order valence-electron chi connectivity index (χ0n) is 11.2. The summed E-state index contributed by atoms with van der Waals surface area (Å²) in [5.41, 5.74) is 2.75. The molecule has 0 aliphatic heterocycles. The van der Waals surface area contributed by atoms with Gasteiger partial charge >= 0.3 is 0 Å². The molecule has 1 heterocycles. The van der Waals surface area contributed by atoms with Crippen LogP contribution in [-0.4, -0.2) is 23.9 Å². The first-order chi connectivity index (χ1) is 9.19. The van der Waals surface area contributed by atoms with E-state index in [2.05, 4.69) is 37.7 Å². The minimum atomic E-state index is 0.428. The molecule has 0 aromatic carbocycles. The highest BCUT2D eigenvalue weighted by Crippen LogP contribution is 2.22. The number of nitrogens with one attached hydrogen (secondary N) is 1. The van der Waals surface area contributed by atoms with Crippen molar-refractivity contribution in [3.63, 3.8) is 0 Å². The van der Waals surface area contributed by atoms with Crippen LogP contribution < -0.4 is 11.3 Å². The molecule has 4 nitrogen and oxygen atoms in total. The maximum absolute atomic E-state index is 5.62. The van der Waals surface area contributed by atoms with Gasteiger partial charge in [-0.1, -0.05) is 19.3 Å². The van der Waals surface area contributed by atoms with Crippen molar-refractivity contribution in [2.45, 2.75) is 44.7 Å². The Labute approximate surface area is 127 Å². The lowest BCUT2D eigenvalue weighted by molar-refractivity contribution is 0.424. The number of nitrogens with two attached hydrogens (primary N) is 1. The summed E-state index contributed by atoms with van der Waals surface area (Å²) >= 11 is 5.22. The molecule has 0 radical (unpaired) electrons. The fourth-order valence-corrected chi connectivity index (χ4v) is 3.88. The number of aliphatic imine (C=N–C) groups is 1. The van der Waals surface area contributed by atoms with E-state index in [1.54, 1.807) is 11.3 Å². The molecule has 0 spiro atoms. The lowest BCUT2D eigenvalue weighted by atomic mass is 9.96. The Hall–Kier alpha value is -0.590. The van der Waals surface area contributed by atoms with Crippen LogP contribution in [0.2, 0.25) is 0 Å². The van der Waals surface area contributed by atoms with E-state index in [0.29, 0.717) is 6.04 Å². The van der Waals surface area contributed by atoms with Gasteiger partial charge in [0.2, 0.25) is 5.96 Å². The number of guanidine groups is 1. The third-order valence-corrected chi connectivity index (χ3v) is 5.07. The number of hydrogen-bond donors (Lipinski definition) is 2. The molecule has 0 amide bonds. The highest BCUT2D eigenvalue weighted by Gasteiger charge is 2.15. The molecular weight excluding hydrogens is 324 g/mol. The van der Waals surface area contributed by atoms with Crippen LogP contribution in [0.1, 0.15) is 37.0 Å². The van der Waals surface area contributed by atoms with Gasteiger partial charge in [-0.3, -0.25) is 5.43 Å². The molecular formula is C13H21BrN4S. The van der Waals surface area contributed by atoms with Crippen LogP contribution in [0.25, 0.3) is 0 Å². The van der Waals surface area contributed by atoms with Gasteiger partial charge < -0.3 is 4.90 Å². The summed E-state index contributed by atoms with van der Waals surface area (Å²) in [7, 11) is 2.02. The normalized spacial score (nSPS) is 17.5. The van der Waals surface area contributed by atoms with E-state index in [1.165, 1.54) is 37.0 Å². The predicted octanol–water partition coefficient (Wildman–Crippen LogP) is 3.09. The molecule has 6 heteroatoms. The van der Waals surface area contributed by atoms with E-state index in [0.717, 1.165) is 17.0 Å². The van der Waals surface area contributed by atoms with Crippen molar-refractivity contribution in [2.24, 2.45) is 10.8 Å². The van der Waals surface area contributed by atoms with Crippen LogP contribution in [0.15, 0.2) is 20.9 Å². The Morgan fingerprint density at radius 2 is 2.26 bits per heavy atom. The predicted molar refractivity (Wildman–Crippen MR) is 85.1 cm³/mol. The lowest BCUT2D eigenvalue weighted by Crippen LogP contribution is -2.43. The van der Waals surface area contributed by atoms with Crippen LogP contribution >= 0.6 is 27.3 Å². The van der Waals surface area contributed by atoms with E-state index in [9.17, 15) is 0 Å². The van der Waals surface area contributed by atoms with Crippen molar-refractivity contribution in [3.8, 4) is 0 Å². The summed E-state index contributed by atoms with van der Waals surface area (Å²) in [6.07, 6.45) is 6.28. The summed E-state index contributed by atoms with van der Waals surface area (Å²) in [5.74, 6) is 6.41. The Morgan fingerprint density at radius 3 is 2.84 bits per heavy atom. The molecule has 1 aromatic rings. The average Bonchev–Trinajstić information content (AvgIpc) is 2.82. The van der Waals surface area contributed by atoms with Crippen molar-refractivity contribution in [1.29, 1.82) is 0 Å². The summed E-state index contributed by atoms with van der Waals surface area (Å²) < 4.78 is 1.13. The molecule has 0 unspecified atom stereocenters. The first-order valence-electron chi connectivity index (χ1n) is 6.67. The van der Waals surface area contributed by atoms with Gasteiger partial charge in [-0.05, 0) is 34.8 Å². The van der Waals surface area contributed by atoms with Crippen LogP contribution in [0.3, 0.4) is 0 Å². The Morgan fingerprint density at radius 1 is 1.53 bits per heavy atom. The van der Waals surface area contributed by atoms with Crippen molar-refractivity contribution in [1.82, 2.24) is 10.3 Å². The first-order valence-corrected chi connectivity index (χ1v) is 8.35. The van der Waals surface area contributed by atoms with Crippen LogP contribution in [0.4, 0.5) is 0 Å².